The fourth-order valence-corrected chi connectivity index (χ4v) is 3.90. The van der Waals surface area contributed by atoms with Crippen LogP contribution in [-0.4, -0.2) is 23.0 Å². The van der Waals surface area contributed by atoms with Crippen molar-refractivity contribution >= 4 is 23.2 Å². The van der Waals surface area contributed by atoms with Crippen molar-refractivity contribution in [3.63, 3.8) is 0 Å². The lowest BCUT2D eigenvalue weighted by atomic mass is 9.86. The van der Waals surface area contributed by atoms with Gasteiger partial charge in [-0.05, 0) is 54.8 Å². The summed E-state index contributed by atoms with van der Waals surface area (Å²) < 4.78 is 5.26. The first kappa shape index (κ1) is 16.5. The van der Waals surface area contributed by atoms with Gasteiger partial charge in [-0.1, -0.05) is 12.1 Å². The number of carbonyl (C=O) groups excluding carboxylic acids is 1. The van der Waals surface area contributed by atoms with Crippen molar-refractivity contribution in [1.29, 1.82) is 0 Å². The van der Waals surface area contributed by atoms with Gasteiger partial charge in [0.15, 0.2) is 5.78 Å². The van der Waals surface area contributed by atoms with E-state index in [-0.39, 0.29) is 11.5 Å². The molecule has 0 amide bonds. The highest BCUT2D eigenvalue weighted by Gasteiger charge is 2.22. The Morgan fingerprint density at radius 3 is 2.92 bits per heavy atom. The van der Waals surface area contributed by atoms with E-state index in [1.165, 1.54) is 0 Å². The largest absolute Gasteiger partial charge is 0.508 e. The number of methoxy groups -OCH3 is 1. The van der Waals surface area contributed by atoms with Gasteiger partial charge in [-0.15, -0.1) is 11.3 Å². The highest BCUT2D eigenvalue weighted by atomic mass is 32.1. The summed E-state index contributed by atoms with van der Waals surface area (Å²) in [6.07, 6.45) is 3.27. The van der Waals surface area contributed by atoms with Crippen LogP contribution < -0.4 is 4.74 Å². The highest BCUT2D eigenvalue weighted by Crippen LogP contribution is 2.31. The highest BCUT2D eigenvalue weighted by molar-refractivity contribution is 7.13. The second-order valence-corrected chi connectivity index (χ2v) is 7.01. The van der Waals surface area contributed by atoms with E-state index in [1.807, 2.05) is 35.7 Å². The molecule has 0 aliphatic heterocycles. The van der Waals surface area contributed by atoms with Crippen LogP contribution in [0.3, 0.4) is 0 Å². The number of aromatic nitrogens is 1. The van der Waals surface area contributed by atoms with Gasteiger partial charge in [-0.3, -0.25) is 4.79 Å². The molecule has 3 aromatic rings. The molecule has 0 bridgehead atoms. The topological polar surface area (TPSA) is 59.4 Å². The van der Waals surface area contributed by atoms with Gasteiger partial charge in [-0.2, -0.15) is 0 Å². The quantitative estimate of drug-likeness (QED) is 0.683. The Hall–Kier alpha value is -2.92. The number of phenols is 1. The Morgan fingerprint density at radius 1 is 1.19 bits per heavy atom. The Bertz CT molecular complexity index is 1020. The van der Waals surface area contributed by atoms with E-state index in [1.54, 1.807) is 36.6 Å². The van der Waals surface area contributed by atoms with Gasteiger partial charge in [0.25, 0.3) is 0 Å². The molecule has 5 heteroatoms. The molecular weight excluding hydrogens is 346 g/mol. The summed E-state index contributed by atoms with van der Waals surface area (Å²) in [5.41, 5.74) is 4.12. The standard InChI is InChI=1S/C21H17NO3S/c1-25-18-4-2-3-15(11-18)21-22-16(12-26-21)9-14-6-5-13-10-17(23)7-8-19(13)20(14)24/h2-4,7-12,23H,5-6H2,1H3/b14-9+. The lowest BCUT2D eigenvalue weighted by Gasteiger charge is -2.17. The molecule has 1 heterocycles. The average Bonchev–Trinajstić information content (AvgIpc) is 3.13. The molecule has 0 spiro atoms. The minimum atomic E-state index is 0.0159. The smallest absolute Gasteiger partial charge is 0.189 e. The molecule has 1 N–H and O–H groups in total. The fraction of sp³-hybridized carbons (Fsp3) is 0.143. The number of ether oxygens (including phenoxy) is 1. The minimum absolute atomic E-state index is 0.0159. The SMILES string of the molecule is COc1cccc(-c2nc(/C=C3\CCc4cc(O)ccc4C3=O)cs2)c1. The van der Waals surface area contributed by atoms with Crippen LogP contribution in [0.5, 0.6) is 11.5 Å². The van der Waals surface area contributed by atoms with Crippen molar-refractivity contribution in [3.8, 4) is 22.1 Å². The number of nitrogens with zero attached hydrogens (tertiary/aromatic N) is 1. The average molecular weight is 363 g/mol. The molecule has 0 atom stereocenters. The lowest BCUT2D eigenvalue weighted by molar-refractivity contribution is 0.102. The molecule has 0 radical (unpaired) electrons. The lowest BCUT2D eigenvalue weighted by Crippen LogP contribution is -2.13. The minimum Gasteiger partial charge on any atom is -0.508 e. The van der Waals surface area contributed by atoms with E-state index in [9.17, 15) is 9.90 Å². The van der Waals surface area contributed by atoms with Crippen LogP contribution in [0.2, 0.25) is 0 Å². The number of aromatic hydroxyl groups is 1. The number of aryl methyl sites for hydroxylation is 1. The van der Waals surface area contributed by atoms with E-state index < -0.39 is 0 Å². The normalized spacial score (nSPS) is 15.1. The molecule has 1 aliphatic carbocycles. The zero-order chi connectivity index (χ0) is 18.1. The third kappa shape index (κ3) is 3.13. The van der Waals surface area contributed by atoms with Gasteiger partial charge < -0.3 is 9.84 Å². The first-order chi connectivity index (χ1) is 12.6. The predicted molar refractivity (Wildman–Crippen MR) is 103 cm³/mol. The Morgan fingerprint density at radius 2 is 2.08 bits per heavy atom. The molecule has 1 aromatic heterocycles. The third-order valence-corrected chi connectivity index (χ3v) is 5.36. The first-order valence-electron chi connectivity index (χ1n) is 8.31. The monoisotopic (exact) mass is 363 g/mol. The van der Waals surface area contributed by atoms with E-state index in [4.69, 9.17) is 4.74 Å². The number of Topliss-reactive ketones (excluding diaryl/α,β-unsaturated/α-hetero) is 1. The first-order valence-corrected chi connectivity index (χ1v) is 9.19. The van der Waals surface area contributed by atoms with Gasteiger partial charge in [0.05, 0.1) is 12.8 Å². The summed E-state index contributed by atoms with van der Waals surface area (Å²) in [4.78, 5) is 17.4. The molecule has 130 valence electrons. The predicted octanol–water partition coefficient (Wildman–Crippen LogP) is 4.74. The van der Waals surface area contributed by atoms with Crippen LogP contribution in [-0.2, 0) is 6.42 Å². The van der Waals surface area contributed by atoms with Gasteiger partial charge in [-0.25, -0.2) is 4.98 Å². The number of hydrogen-bond acceptors (Lipinski definition) is 5. The number of thiazole rings is 1. The molecule has 4 rings (SSSR count). The molecular formula is C21H17NO3S. The van der Waals surface area contributed by atoms with E-state index in [2.05, 4.69) is 4.98 Å². The molecule has 0 saturated heterocycles. The van der Waals surface area contributed by atoms with Crippen molar-refractivity contribution < 1.29 is 14.6 Å². The maximum atomic E-state index is 12.7. The van der Waals surface area contributed by atoms with Gasteiger partial charge in [0, 0.05) is 22.1 Å². The van der Waals surface area contributed by atoms with Crippen LogP contribution in [0, 0.1) is 0 Å². The molecule has 0 fully saturated rings. The summed E-state index contributed by atoms with van der Waals surface area (Å²) in [6.45, 7) is 0. The van der Waals surface area contributed by atoms with Crippen molar-refractivity contribution in [1.82, 2.24) is 4.98 Å². The Balaban J connectivity index is 1.62. The Labute approximate surface area is 155 Å². The number of hydrogen-bond donors (Lipinski definition) is 1. The van der Waals surface area contributed by atoms with Crippen LogP contribution in [0.4, 0.5) is 0 Å². The molecule has 2 aromatic carbocycles. The summed E-state index contributed by atoms with van der Waals surface area (Å²) in [5, 5.41) is 12.4. The van der Waals surface area contributed by atoms with Crippen molar-refractivity contribution in [3.05, 3.63) is 70.2 Å². The number of allylic oxidation sites excluding steroid dienone is 1. The van der Waals surface area contributed by atoms with Gasteiger partial charge in [0.1, 0.15) is 16.5 Å². The summed E-state index contributed by atoms with van der Waals surface area (Å²) in [5.74, 6) is 1.01. The number of fused-ring (bicyclic) bond motifs is 1. The van der Waals surface area contributed by atoms with Crippen LogP contribution in [0.25, 0.3) is 16.6 Å². The second-order valence-electron chi connectivity index (χ2n) is 6.15. The molecule has 1 aliphatic rings. The molecule has 0 unspecified atom stereocenters. The summed E-state index contributed by atoms with van der Waals surface area (Å²) >= 11 is 1.54. The van der Waals surface area contributed by atoms with Crippen molar-refractivity contribution in [2.45, 2.75) is 12.8 Å². The summed E-state index contributed by atoms with van der Waals surface area (Å²) in [7, 11) is 1.64. The maximum Gasteiger partial charge on any atom is 0.189 e. The van der Waals surface area contributed by atoms with Crippen molar-refractivity contribution in [2.24, 2.45) is 0 Å². The van der Waals surface area contributed by atoms with Crippen LogP contribution in [0.15, 0.2) is 53.4 Å². The van der Waals surface area contributed by atoms with E-state index >= 15 is 0 Å². The maximum absolute atomic E-state index is 12.7. The van der Waals surface area contributed by atoms with Crippen LogP contribution >= 0.6 is 11.3 Å². The number of rotatable bonds is 3. The van der Waals surface area contributed by atoms with Gasteiger partial charge in [0.2, 0.25) is 0 Å². The fourth-order valence-electron chi connectivity index (χ4n) is 3.12. The molecule has 4 nitrogen and oxygen atoms in total. The number of benzene rings is 2. The zero-order valence-corrected chi connectivity index (χ0v) is 15.0. The van der Waals surface area contributed by atoms with E-state index in [0.29, 0.717) is 12.0 Å². The van der Waals surface area contributed by atoms with Crippen LogP contribution in [0.1, 0.15) is 28.0 Å². The number of carbonyl (C=O) groups is 1. The number of phenolic OH excluding ortho intramolecular Hbond substituents is 1. The van der Waals surface area contributed by atoms with E-state index in [0.717, 1.165) is 39.6 Å². The second kappa shape index (κ2) is 6.77. The zero-order valence-electron chi connectivity index (χ0n) is 14.2. The van der Waals surface area contributed by atoms with Gasteiger partial charge >= 0.3 is 0 Å². The number of ketones is 1. The summed E-state index contributed by atoms with van der Waals surface area (Å²) in [6, 6.07) is 12.7. The Kier molecular flexibility index (Phi) is 4.31. The van der Waals surface area contributed by atoms with Crippen molar-refractivity contribution in [2.75, 3.05) is 7.11 Å². The molecule has 26 heavy (non-hydrogen) atoms. The molecule has 0 saturated carbocycles. The third-order valence-electron chi connectivity index (χ3n) is 4.45.